The molecule has 0 spiro atoms. The van der Waals surface area contributed by atoms with Crippen LogP contribution in [0.4, 0.5) is 0 Å². The van der Waals surface area contributed by atoms with Gasteiger partial charge in [-0.25, -0.2) is 8.42 Å². The Morgan fingerprint density at radius 2 is 1.88 bits per heavy atom. The first-order valence-corrected chi connectivity index (χ1v) is 8.95. The van der Waals surface area contributed by atoms with E-state index in [2.05, 4.69) is 4.98 Å². The van der Waals surface area contributed by atoms with E-state index >= 15 is 0 Å². The second kappa shape index (κ2) is 7.30. The van der Waals surface area contributed by atoms with Gasteiger partial charge >= 0.3 is 0 Å². The van der Waals surface area contributed by atoms with Crippen LogP contribution in [-0.2, 0) is 23.1 Å². The highest BCUT2D eigenvalue weighted by Gasteiger charge is 2.26. The molecule has 6 nitrogen and oxygen atoms in total. The average molecular weight is 353 g/mol. The molecule has 0 atom stereocenters. The van der Waals surface area contributed by atoms with E-state index in [-0.39, 0.29) is 18.0 Å². The van der Waals surface area contributed by atoms with Gasteiger partial charge in [0.25, 0.3) is 0 Å². The van der Waals surface area contributed by atoms with Crippen molar-refractivity contribution in [3.05, 3.63) is 84.1 Å². The lowest BCUT2D eigenvalue weighted by molar-refractivity contribution is 0.358. The van der Waals surface area contributed by atoms with Crippen LogP contribution in [0, 0.1) is 11.3 Å². The molecule has 0 bridgehead atoms. The molecule has 0 amide bonds. The zero-order valence-electron chi connectivity index (χ0n) is 13.2. The maximum atomic E-state index is 13.0. The fraction of sp³-hybridized carbons (Fsp3) is 0.111. The second-order valence-electron chi connectivity index (χ2n) is 5.35. The zero-order valence-corrected chi connectivity index (χ0v) is 14.1. The van der Waals surface area contributed by atoms with Gasteiger partial charge in [-0.15, -0.1) is 0 Å². The van der Waals surface area contributed by atoms with Gasteiger partial charge in [-0.05, 0) is 48.0 Å². The van der Waals surface area contributed by atoms with Gasteiger partial charge in [-0.2, -0.15) is 9.57 Å². The molecule has 0 aliphatic rings. The molecule has 0 fully saturated rings. The summed E-state index contributed by atoms with van der Waals surface area (Å²) in [6, 6.07) is 14.8. The van der Waals surface area contributed by atoms with Crippen molar-refractivity contribution >= 4 is 10.0 Å². The van der Waals surface area contributed by atoms with Crippen LogP contribution in [-0.4, -0.2) is 17.7 Å². The first kappa shape index (κ1) is 16.9. The van der Waals surface area contributed by atoms with Crippen LogP contribution in [0.2, 0.25) is 0 Å². The molecule has 2 aromatic heterocycles. The summed E-state index contributed by atoms with van der Waals surface area (Å²) >= 11 is 0. The van der Waals surface area contributed by atoms with E-state index in [9.17, 15) is 8.42 Å². The molecular weight excluding hydrogens is 338 g/mol. The molecule has 0 aliphatic heterocycles. The number of nitrogens with zero attached hydrogens (tertiary/aromatic N) is 3. The maximum absolute atomic E-state index is 13.0. The van der Waals surface area contributed by atoms with Crippen molar-refractivity contribution in [2.24, 2.45) is 0 Å². The van der Waals surface area contributed by atoms with Gasteiger partial charge < -0.3 is 4.42 Å². The average Bonchev–Trinajstić information content (AvgIpc) is 3.15. The molecule has 1 aromatic carbocycles. The van der Waals surface area contributed by atoms with Gasteiger partial charge in [-0.1, -0.05) is 6.07 Å². The minimum atomic E-state index is -3.76. The third kappa shape index (κ3) is 3.94. The van der Waals surface area contributed by atoms with Crippen LogP contribution >= 0.6 is 0 Å². The lowest BCUT2D eigenvalue weighted by atomic mass is 10.2. The van der Waals surface area contributed by atoms with E-state index in [4.69, 9.17) is 9.68 Å². The summed E-state index contributed by atoms with van der Waals surface area (Å²) in [5.41, 5.74) is 1.18. The number of benzene rings is 1. The summed E-state index contributed by atoms with van der Waals surface area (Å²) in [5, 5.41) is 8.88. The molecule has 0 radical (unpaired) electrons. The van der Waals surface area contributed by atoms with Crippen LogP contribution in [0.3, 0.4) is 0 Å². The number of nitriles is 1. The third-order valence-corrected chi connectivity index (χ3v) is 5.42. The molecule has 0 N–H and O–H groups in total. The van der Waals surface area contributed by atoms with Crippen molar-refractivity contribution in [3.63, 3.8) is 0 Å². The van der Waals surface area contributed by atoms with Gasteiger partial charge in [0.05, 0.1) is 29.3 Å². The molecule has 3 aromatic rings. The fourth-order valence-electron chi connectivity index (χ4n) is 2.35. The Hall–Kier alpha value is -2.95. The number of aromatic nitrogens is 1. The van der Waals surface area contributed by atoms with Crippen molar-refractivity contribution in [1.82, 2.24) is 9.29 Å². The van der Waals surface area contributed by atoms with Crippen LogP contribution in [0.5, 0.6) is 0 Å². The van der Waals surface area contributed by atoms with Gasteiger partial charge in [-0.3, -0.25) is 4.98 Å². The molecule has 0 saturated heterocycles. The minimum absolute atomic E-state index is 0.101. The van der Waals surface area contributed by atoms with E-state index in [1.807, 2.05) is 12.1 Å². The summed E-state index contributed by atoms with van der Waals surface area (Å²) in [7, 11) is -3.76. The first-order chi connectivity index (χ1) is 12.1. The Bertz CT molecular complexity index is 961. The van der Waals surface area contributed by atoms with Crippen LogP contribution in [0.1, 0.15) is 16.9 Å². The van der Waals surface area contributed by atoms with Crippen LogP contribution in [0.15, 0.2) is 76.5 Å². The topological polar surface area (TPSA) is 87.2 Å². The molecular formula is C18H15N3O3S. The van der Waals surface area contributed by atoms with Gasteiger partial charge in [0.1, 0.15) is 5.76 Å². The number of rotatable bonds is 6. The predicted octanol–water partition coefficient (Wildman–Crippen LogP) is 2.94. The Kier molecular flexibility index (Phi) is 4.93. The summed E-state index contributed by atoms with van der Waals surface area (Å²) < 4.78 is 32.7. The molecule has 0 saturated carbocycles. The normalized spacial score (nSPS) is 11.4. The van der Waals surface area contributed by atoms with Gasteiger partial charge in [0.15, 0.2) is 0 Å². The molecule has 25 heavy (non-hydrogen) atoms. The van der Waals surface area contributed by atoms with Gasteiger partial charge in [0, 0.05) is 18.9 Å². The van der Waals surface area contributed by atoms with Crippen molar-refractivity contribution in [1.29, 1.82) is 5.26 Å². The number of sulfonamides is 1. The highest BCUT2D eigenvalue weighted by molar-refractivity contribution is 7.89. The Morgan fingerprint density at radius 1 is 1.08 bits per heavy atom. The molecule has 3 rings (SSSR count). The molecule has 0 aliphatic carbocycles. The quantitative estimate of drug-likeness (QED) is 0.680. The predicted molar refractivity (Wildman–Crippen MR) is 90.5 cm³/mol. The maximum Gasteiger partial charge on any atom is 0.243 e. The van der Waals surface area contributed by atoms with E-state index in [1.54, 1.807) is 30.6 Å². The number of hydrogen-bond donors (Lipinski definition) is 0. The second-order valence-corrected chi connectivity index (χ2v) is 7.29. The number of hydrogen-bond acceptors (Lipinski definition) is 5. The lowest BCUT2D eigenvalue weighted by Gasteiger charge is -2.21. The first-order valence-electron chi connectivity index (χ1n) is 7.51. The van der Waals surface area contributed by atoms with Crippen molar-refractivity contribution in [3.8, 4) is 6.07 Å². The number of furan rings is 1. The molecule has 2 heterocycles. The Morgan fingerprint density at radius 3 is 2.48 bits per heavy atom. The lowest BCUT2D eigenvalue weighted by Crippen LogP contribution is -2.30. The monoisotopic (exact) mass is 353 g/mol. The summed E-state index contributed by atoms with van der Waals surface area (Å²) in [6.45, 7) is 0.265. The molecule has 126 valence electrons. The summed E-state index contributed by atoms with van der Waals surface area (Å²) in [4.78, 5) is 4.16. The third-order valence-electron chi connectivity index (χ3n) is 3.62. The fourth-order valence-corrected chi connectivity index (χ4v) is 3.74. The largest absolute Gasteiger partial charge is 0.468 e. The van der Waals surface area contributed by atoms with E-state index in [0.29, 0.717) is 11.3 Å². The van der Waals surface area contributed by atoms with Crippen molar-refractivity contribution in [2.45, 2.75) is 18.0 Å². The highest BCUT2D eigenvalue weighted by Crippen LogP contribution is 2.21. The van der Waals surface area contributed by atoms with E-state index < -0.39 is 10.0 Å². The van der Waals surface area contributed by atoms with Gasteiger partial charge in [0.2, 0.25) is 10.0 Å². The molecule has 7 heteroatoms. The SMILES string of the molecule is N#Cc1ccc(S(=O)(=O)N(Cc2cccnc2)Cc2ccco2)cc1. The smallest absolute Gasteiger partial charge is 0.243 e. The van der Waals surface area contributed by atoms with Crippen molar-refractivity contribution in [2.75, 3.05) is 0 Å². The standard InChI is InChI=1S/C18H15N3O3S/c19-11-15-5-7-18(8-6-15)25(22,23)21(14-17-4-2-10-24-17)13-16-3-1-9-20-12-16/h1-10,12H,13-14H2. The van der Waals surface area contributed by atoms with Crippen molar-refractivity contribution < 1.29 is 12.8 Å². The molecule has 0 unspecified atom stereocenters. The van der Waals surface area contributed by atoms with E-state index in [0.717, 1.165) is 5.56 Å². The summed E-state index contributed by atoms with van der Waals surface area (Å²) in [6.07, 6.45) is 4.77. The van der Waals surface area contributed by atoms with Crippen LogP contribution < -0.4 is 0 Å². The summed E-state index contributed by atoms with van der Waals surface area (Å²) in [5.74, 6) is 0.543. The van der Waals surface area contributed by atoms with Crippen LogP contribution in [0.25, 0.3) is 0 Å². The number of pyridine rings is 1. The highest BCUT2D eigenvalue weighted by atomic mass is 32.2. The zero-order chi connectivity index (χ0) is 17.7. The Balaban J connectivity index is 1.95. The Labute approximate surface area is 146 Å². The van der Waals surface area contributed by atoms with E-state index in [1.165, 1.54) is 34.8 Å². The minimum Gasteiger partial charge on any atom is -0.468 e.